The molecule has 2 aromatic carbocycles. The second kappa shape index (κ2) is 10.8. The molecule has 1 N–H and O–H groups in total. The van der Waals surface area contributed by atoms with E-state index in [0.717, 1.165) is 61.6 Å². The lowest BCUT2D eigenvalue weighted by molar-refractivity contribution is -0.124. The maximum Gasteiger partial charge on any atom is 0.234 e. The van der Waals surface area contributed by atoms with E-state index in [-0.39, 0.29) is 18.1 Å². The molecular formula is C31H36N4O3. The van der Waals surface area contributed by atoms with Gasteiger partial charge in [-0.2, -0.15) is 0 Å². The van der Waals surface area contributed by atoms with Gasteiger partial charge in [0, 0.05) is 44.6 Å². The minimum absolute atomic E-state index is 0.0623. The van der Waals surface area contributed by atoms with Crippen LogP contribution in [0.2, 0.25) is 0 Å². The highest BCUT2D eigenvalue weighted by molar-refractivity contribution is 5.78. The van der Waals surface area contributed by atoms with Crippen LogP contribution in [0.25, 0.3) is 0 Å². The van der Waals surface area contributed by atoms with Gasteiger partial charge < -0.3 is 14.8 Å². The van der Waals surface area contributed by atoms with Gasteiger partial charge in [-0.05, 0) is 78.8 Å². The normalized spacial score (nSPS) is 22.9. The Morgan fingerprint density at radius 2 is 1.74 bits per heavy atom. The maximum absolute atomic E-state index is 13.3. The van der Waals surface area contributed by atoms with Crippen LogP contribution in [0.1, 0.15) is 40.7 Å². The number of ether oxygens (including phenoxy) is 2. The number of nitrogens with zero attached hydrogens (tertiary/aromatic N) is 3. The third-order valence-electron chi connectivity index (χ3n) is 7.95. The van der Waals surface area contributed by atoms with Crippen LogP contribution < -0.4 is 10.1 Å². The van der Waals surface area contributed by atoms with Crippen molar-refractivity contribution in [3.63, 3.8) is 0 Å². The van der Waals surface area contributed by atoms with Gasteiger partial charge in [0.1, 0.15) is 11.5 Å². The second-order valence-corrected chi connectivity index (χ2v) is 11.0. The molecule has 0 radical (unpaired) electrons. The number of nitrogens with one attached hydrogen (secondary N) is 1. The van der Waals surface area contributed by atoms with Gasteiger partial charge in [0.2, 0.25) is 5.91 Å². The van der Waals surface area contributed by atoms with E-state index in [4.69, 9.17) is 9.47 Å². The number of carbonyl (C=O) groups excluding carboxylic acids is 1. The molecule has 4 bridgehead atoms. The van der Waals surface area contributed by atoms with E-state index in [1.165, 1.54) is 16.7 Å². The summed E-state index contributed by atoms with van der Waals surface area (Å²) in [4.78, 5) is 22.4. The fourth-order valence-electron chi connectivity index (χ4n) is 5.55. The minimum Gasteiger partial charge on any atom is -0.457 e. The third-order valence-corrected chi connectivity index (χ3v) is 7.95. The lowest BCUT2D eigenvalue weighted by atomic mass is 10.1. The average molecular weight is 513 g/mol. The zero-order chi connectivity index (χ0) is 26.1. The molecule has 1 aromatic heterocycles. The van der Waals surface area contributed by atoms with Crippen LogP contribution in [-0.4, -0.2) is 58.5 Å². The minimum atomic E-state index is -0.100. The number of hydrogen-bond donors (Lipinski definition) is 1. The monoisotopic (exact) mass is 512 g/mol. The van der Waals surface area contributed by atoms with Gasteiger partial charge in [0.05, 0.1) is 25.3 Å². The number of fused-ring (bicyclic) bond motifs is 5. The number of aromatic nitrogens is 1. The van der Waals surface area contributed by atoms with Gasteiger partial charge in [0.15, 0.2) is 0 Å². The van der Waals surface area contributed by atoms with Gasteiger partial charge in [-0.3, -0.25) is 19.6 Å². The van der Waals surface area contributed by atoms with Crippen molar-refractivity contribution in [3.05, 3.63) is 88.7 Å². The number of pyridine rings is 1. The number of carbonyl (C=O) groups is 1. The Hall–Kier alpha value is -3.26. The Balaban J connectivity index is 1.25. The van der Waals surface area contributed by atoms with Crippen molar-refractivity contribution in [2.75, 3.05) is 19.6 Å². The largest absolute Gasteiger partial charge is 0.457 e. The van der Waals surface area contributed by atoms with E-state index >= 15 is 0 Å². The van der Waals surface area contributed by atoms with Gasteiger partial charge in [-0.1, -0.05) is 24.3 Å². The van der Waals surface area contributed by atoms with E-state index in [9.17, 15) is 4.79 Å². The van der Waals surface area contributed by atoms with Crippen molar-refractivity contribution >= 4 is 5.91 Å². The highest BCUT2D eigenvalue weighted by Crippen LogP contribution is 2.30. The van der Waals surface area contributed by atoms with Crippen LogP contribution in [0.3, 0.4) is 0 Å². The van der Waals surface area contributed by atoms with Crippen molar-refractivity contribution in [3.8, 4) is 11.5 Å². The molecule has 3 heterocycles. The summed E-state index contributed by atoms with van der Waals surface area (Å²) in [5.41, 5.74) is 5.90. The number of amides is 1. The first-order valence-corrected chi connectivity index (χ1v) is 13.6. The molecule has 1 aliphatic carbocycles. The Labute approximate surface area is 224 Å². The van der Waals surface area contributed by atoms with E-state index < -0.39 is 0 Å². The Kier molecular flexibility index (Phi) is 7.15. The smallest absolute Gasteiger partial charge is 0.234 e. The first-order chi connectivity index (χ1) is 18.5. The van der Waals surface area contributed by atoms with E-state index in [1.807, 2.05) is 42.7 Å². The number of benzene rings is 2. The Morgan fingerprint density at radius 1 is 0.974 bits per heavy atom. The lowest BCUT2D eigenvalue weighted by Crippen LogP contribution is -2.48. The summed E-state index contributed by atoms with van der Waals surface area (Å²) < 4.78 is 12.7. The van der Waals surface area contributed by atoms with Gasteiger partial charge in [-0.25, -0.2) is 0 Å². The molecule has 38 heavy (non-hydrogen) atoms. The number of likely N-dealkylation sites (tertiary alicyclic amines) is 1. The zero-order valence-corrected chi connectivity index (χ0v) is 22.2. The molecule has 2 atom stereocenters. The average Bonchev–Trinajstić information content (AvgIpc) is 3.68. The van der Waals surface area contributed by atoms with Crippen molar-refractivity contribution in [2.45, 2.75) is 64.6 Å². The molecule has 0 spiro atoms. The summed E-state index contributed by atoms with van der Waals surface area (Å²) in [5, 5.41) is 3.34. The second-order valence-electron chi connectivity index (χ2n) is 11.0. The van der Waals surface area contributed by atoms with Crippen LogP contribution in [0.4, 0.5) is 0 Å². The molecule has 0 unspecified atom stereocenters. The molecule has 1 saturated carbocycles. The summed E-state index contributed by atoms with van der Waals surface area (Å²) >= 11 is 0. The summed E-state index contributed by atoms with van der Waals surface area (Å²) in [5.74, 6) is 1.67. The number of hydrogen-bond acceptors (Lipinski definition) is 6. The van der Waals surface area contributed by atoms with Crippen LogP contribution in [0.5, 0.6) is 11.5 Å². The highest BCUT2D eigenvalue weighted by Gasteiger charge is 2.36. The van der Waals surface area contributed by atoms with Gasteiger partial charge in [-0.15, -0.1) is 0 Å². The zero-order valence-electron chi connectivity index (χ0n) is 22.2. The maximum atomic E-state index is 13.3. The van der Waals surface area contributed by atoms with Crippen molar-refractivity contribution in [1.29, 1.82) is 0 Å². The molecule has 7 heteroatoms. The topological polar surface area (TPSA) is 66.9 Å². The SMILES string of the molecule is Cc1cncc(CN2C[C@@H]3NC(=O)CN(C4CC4)Cc4cccc(c4)Oc4cccc(c4)CO[C@H]3C2)c1C. The Bertz CT molecular complexity index is 1310. The molecule has 3 aliphatic rings. The summed E-state index contributed by atoms with van der Waals surface area (Å²) in [6.45, 7) is 8.12. The third kappa shape index (κ3) is 5.90. The van der Waals surface area contributed by atoms with Gasteiger partial charge >= 0.3 is 0 Å². The van der Waals surface area contributed by atoms with E-state index in [1.54, 1.807) is 0 Å². The predicted octanol–water partition coefficient (Wildman–Crippen LogP) is 4.35. The fraction of sp³-hybridized carbons (Fsp3) is 0.419. The quantitative estimate of drug-likeness (QED) is 0.563. The van der Waals surface area contributed by atoms with E-state index in [2.05, 4.69) is 52.1 Å². The van der Waals surface area contributed by atoms with Crippen LogP contribution in [0.15, 0.2) is 60.9 Å². The van der Waals surface area contributed by atoms with Crippen LogP contribution in [-0.2, 0) is 29.2 Å². The summed E-state index contributed by atoms with van der Waals surface area (Å²) in [7, 11) is 0. The molecule has 2 fully saturated rings. The predicted molar refractivity (Wildman–Crippen MR) is 146 cm³/mol. The first kappa shape index (κ1) is 25.0. The summed E-state index contributed by atoms with van der Waals surface area (Å²) in [6, 6.07) is 16.7. The summed E-state index contributed by atoms with van der Waals surface area (Å²) in [6.07, 6.45) is 6.05. The van der Waals surface area contributed by atoms with Crippen molar-refractivity contribution < 1.29 is 14.3 Å². The lowest BCUT2D eigenvalue weighted by Gasteiger charge is -2.25. The molecular weight excluding hydrogens is 476 g/mol. The van der Waals surface area contributed by atoms with Crippen LogP contribution in [0, 0.1) is 13.8 Å². The first-order valence-electron chi connectivity index (χ1n) is 13.6. The van der Waals surface area contributed by atoms with Crippen molar-refractivity contribution in [1.82, 2.24) is 20.1 Å². The van der Waals surface area contributed by atoms with Crippen molar-refractivity contribution in [2.24, 2.45) is 0 Å². The van der Waals surface area contributed by atoms with Crippen LogP contribution >= 0.6 is 0 Å². The van der Waals surface area contributed by atoms with E-state index in [0.29, 0.717) is 19.2 Å². The molecule has 198 valence electrons. The molecule has 1 amide bonds. The number of rotatable bonds is 3. The highest BCUT2D eigenvalue weighted by atomic mass is 16.5. The molecule has 6 rings (SSSR count). The Morgan fingerprint density at radius 3 is 2.53 bits per heavy atom. The molecule has 2 aliphatic heterocycles. The molecule has 3 aromatic rings. The molecule has 7 nitrogen and oxygen atoms in total. The molecule has 1 saturated heterocycles. The standard InChI is InChI=1S/C31H36N4O3/c1-21-13-32-14-25(22(21)2)16-34-17-29-30(18-34)37-20-24-6-4-8-28(12-24)38-27-7-3-5-23(11-27)15-35(26-9-10-26)19-31(36)33-29/h3-8,11-14,26,29-30H,9-10,15-20H2,1-2H3,(H,33,36)/t29-,30-/m0/s1. The number of aryl methyl sites for hydroxylation is 1. The fourth-order valence-corrected chi connectivity index (χ4v) is 5.55. The van der Waals surface area contributed by atoms with Gasteiger partial charge in [0.25, 0.3) is 0 Å².